The molecule has 1 aliphatic heterocycles. The minimum Gasteiger partial charge on any atom is -0.466 e. The van der Waals surface area contributed by atoms with E-state index in [9.17, 15) is 9.00 Å². The van der Waals surface area contributed by atoms with Crippen LogP contribution in [-0.2, 0) is 25.1 Å². The number of carbonyl (C=O) groups is 1. The molecule has 0 aliphatic carbocycles. The van der Waals surface area contributed by atoms with E-state index in [0.717, 1.165) is 0 Å². The van der Waals surface area contributed by atoms with Gasteiger partial charge in [-0.25, -0.2) is 4.79 Å². The van der Waals surface area contributed by atoms with Gasteiger partial charge in [-0.15, -0.1) is 0 Å². The van der Waals surface area contributed by atoms with Crippen molar-refractivity contribution >= 4 is 16.8 Å². The van der Waals surface area contributed by atoms with Crippen LogP contribution in [0.4, 0.5) is 0 Å². The van der Waals surface area contributed by atoms with E-state index in [1.165, 1.54) is 13.2 Å². The molecule has 4 nitrogen and oxygen atoms in total. The molecule has 1 aliphatic rings. The summed E-state index contributed by atoms with van der Waals surface area (Å²) in [5, 5.41) is 0. The first-order chi connectivity index (χ1) is 5.74. The quantitative estimate of drug-likeness (QED) is 0.425. The van der Waals surface area contributed by atoms with Crippen LogP contribution < -0.4 is 0 Å². The average Bonchev–Trinajstić information content (AvgIpc) is 2.09. The van der Waals surface area contributed by atoms with Crippen LogP contribution in [0.25, 0.3) is 0 Å². The number of methoxy groups -OCH3 is 1. The molecule has 12 heavy (non-hydrogen) atoms. The zero-order chi connectivity index (χ0) is 8.97. The van der Waals surface area contributed by atoms with Crippen LogP contribution in [0.3, 0.4) is 0 Å². The van der Waals surface area contributed by atoms with Crippen molar-refractivity contribution in [2.75, 3.05) is 26.1 Å². The predicted molar refractivity (Wildman–Crippen MR) is 43.9 cm³/mol. The van der Waals surface area contributed by atoms with Crippen LogP contribution >= 0.6 is 0 Å². The summed E-state index contributed by atoms with van der Waals surface area (Å²) >= 11 is 0. The third-order valence-electron chi connectivity index (χ3n) is 1.43. The van der Waals surface area contributed by atoms with Gasteiger partial charge in [-0.2, -0.15) is 0 Å². The lowest BCUT2D eigenvalue weighted by Gasteiger charge is -2.13. The number of hydrogen-bond donors (Lipinski definition) is 0. The molecule has 0 aromatic heterocycles. The molecular weight excluding hydrogens is 180 g/mol. The van der Waals surface area contributed by atoms with Gasteiger partial charge in [0.1, 0.15) is 0 Å². The maximum absolute atomic E-state index is 11.2. The third-order valence-corrected chi connectivity index (χ3v) is 2.79. The summed E-state index contributed by atoms with van der Waals surface area (Å²) in [5.41, 5.74) is 0. The maximum Gasteiger partial charge on any atom is 0.331 e. The second-order valence-corrected chi connectivity index (χ2v) is 3.86. The first-order valence-corrected chi connectivity index (χ1v) is 4.80. The molecule has 1 heterocycles. The van der Waals surface area contributed by atoms with E-state index in [0.29, 0.717) is 17.3 Å². The van der Waals surface area contributed by atoms with Gasteiger partial charge >= 0.3 is 5.97 Å². The lowest BCUT2D eigenvalue weighted by Crippen LogP contribution is -2.19. The Morgan fingerprint density at radius 3 is 3.08 bits per heavy atom. The highest BCUT2D eigenvalue weighted by Crippen LogP contribution is 2.08. The van der Waals surface area contributed by atoms with Gasteiger partial charge in [0.2, 0.25) is 0 Å². The van der Waals surface area contributed by atoms with Crippen molar-refractivity contribution in [3.8, 4) is 0 Å². The number of rotatable bonds is 1. The van der Waals surface area contributed by atoms with Crippen molar-refractivity contribution in [2.45, 2.75) is 0 Å². The number of esters is 1. The normalized spacial score (nSPS) is 27.1. The SMILES string of the molecule is COC(=O)/C=C1\COCCS1=O. The van der Waals surface area contributed by atoms with E-state index >= 15 is 0 Å². The molecular formula is C7H10O4S. The van der Waals surface area contributed by atoms with Crippen LogP contribution in [0.1, 0.15) is 0 Å². The number of carbonyl (C=O) groups excluding carboxylic acids is 1. The standard InChI is InChI=1S/C7H10O4S/c1-10-7(8)4-6-5-11-2-3-12(6)9/h4H,2-3,5H2,1H3/b6-4+. The minimum atomic E-state index is -1.06. The molecule has 1 unspecified atom stereocenters. The van der Waals surface area contributed by atoms with Gasteiger partial charge in [-0.05, 0) is 0 Å². The van der Waals surface area contributed by atoms with Gasteiger partial charge in [0.25, 0.3) is 0 Å². The molecule has 0 N–H and O–H groups in total. The largest absolute Gasteiger partial charge is 0.466 e. The fraction of sp³-hybridized carbons (Fsp3) is 0.571. The van der Waals surface area contributed by atoms with E-state index in [-0.39, 0.29) is 6.61 Å². The summed E-state index contributed by atoms with van der Waals surface area (Å²) < 4.78 is 20.6. The fourth-order valence-electron chi connectivity index (χ4n) is 0.802. The lowest BCUT2D eigenvalue weighted by molar-refractivity contribution is -0.134. The zero-order valence-electron chi connectivity index (χ0n) is 6.74. The molecule has 1 atom stereocenters. The third kappa shape index (κ3) is 2.42. The fourth-order valence-corrected chi connectivity index (χ4v) is 1.78. The van der Waals surface area contributed by atoms with E-state index in [4.69, 9.17) is 4.74 Å². The van der Waals surface area contributed by atoms with Crippen LogP contribution in [0, 0.1) is 0 Å². The van der Waals surface area contributed by atoms with E-state index in [2.05, 4.69) is 4.74 Å². The van der Waals surface area contributed by atoms with Gasteiger partial charge in [0, 0.05) is 11.0 Å². The topological polar surface area (TPSA) is 52.6 Å². The average molecular weight is 190 g/mol. The summed E-state index contributed by atoms with van der Waals surface area (Å²) in [6.45, 7) is 0.757. The molecule has 1 rings (SSSR count). The Labute approximate surface area is 73.0 Å². The Bertz CT molecular complexity index is 234. The van der Waals surface area contributed by atoms with Crippen molar-refractivity contribution in [2.24, 2.45) is 0 Å². The number of hydrogen-bond acceptors (Lipinski definition) is 4. The second kappa shape index (κ2) is 4.37. The van der Waals surface area contributed by atoms with Gasteiger partial charge < -0.3 is 9.47 Å². The summed E-state index contributed by atoms with van der Waals surface area (Å²) in [6, 6.07) is 0. The van der Waals surface area contributed by atoms with Crippen LogP contribution in [0.2, 0.25) is 0 Å². The molecule has 68 valence electrons. The Hall–Kier alpha value is -0.680. The van der Waals surface area contributed by atoms with Crippen LogP contribution in [-0.4, -0.2) is 36.3 Å². The Kier molecular flexibility index (Phi) is 3.43. The monoisotopic (exact) mass is 190 g/mol. The van der Waals surface area contributed by atoms with Crippen LogP contribution in [0.5, 0.6) is 0 Å². The predicted octanol–water partition coefficient (Wildman–Crippen LogP) is -0.178. The van der Waals surface area contributed by atoms with Crippen molar-refractivity contribution in [1.82, 2.24) is 0 Å². The van der Waals surface area contributed by atoms with Crippen LogP contribution in [0.15, 0.2) is 11.0 Å². The molecule has 1 fully saturated rings. The maximum atomic E-state index is 11.2. The summed E-state index contributed by atoms with van der Waals surface area (Å²) in [6.07, 6.45) is 1.23. The minimum absolute atomic E-state index is 0.266. The van der Waals surface area contributed by atoms with Gasteiger partial charge in [0.15, 0.2) is 0 Å². The number of ether oxygens (including phenoxy) is 2. The van der Waals surface area contributed by atoms with Gasteiger partial charge in [0.05, 0.1) is 36.9 Å². The highest BCUT2D eigenvalue weighted by molar-refractivity contribution is 7.89. The molecule has 0 saturated carbocycles. The van der Waals surface area contributed by atoms with Gasteiger partial charge in [-0.1, -0.05) is 0 Å². The molecule has 0 bridgehead atoms. The van der Waals surface area contributed by atoms with Crippen molar-refractivity contribution in [3.63, 3.8) is 0 Å². The Morgan fingerprint density at radius 2 is 2.50 bits per heavy atom. The smallest absolute Gasteiger partial charge is 0.331 e. The molecule has 1 saturated heterocycles. The van der Waals surface area contributed by atoms with Gasteiger partial charge in [-0.3, -0.25) is 4.21 Å². The molecule has 0 aromatic rings. The molecule has 5 heteroatoms. The first-order valence-electron chi connectivity index (χ1n) is 3.48. The van der Waals surface area contributed by atoms with Crippen molar-refractivity contribution < 1.29 is 18.5 Å². The summed E-state index contributed by atoms with van der Waals surface area (Å²) in [7, 11) is 0.219. The molecule has 0 aromatic carbocycles. The highest BCUT2D eigenvalue weighted by Gasteiger charge is 2.15. The zero-order valence-corrected chi connectivity index (χ0v) is 7.56. The summed E-state index contributed by atoms with van der Waals surface area (Å²) in [4.78, 5) is 11.2. The van der Waals surface area contributed by atoms with E-state index in [1.54, 1.807) is 0 Å². The molecule has 0 amide bonds. The van der Waals surface area contributed by atoms with E-state index in [1.807, 2.05) is 0 Å². The molecule has 0 radical (unpaired) electrons. The highest BCUT2D eigenvalue weighted by atomic mass is 32.2. The Morgan fingerprint density at radius 1 is 1.75 bits per heavy atom. The van der Waals surface area contributed by atoms with Crippen molar-refractivity contribution in [3.05, 3.63) is 11.0 Å². The molecule has 0 spiro atoms. The second-order valence-electron chi connectivity index (χ2n) is 2.24. The van der Waals surface area contributed by atoms with E-state index < -0.39 is 16.8 Å². The summed E-state index contributed by atoms with van der Waals surface area (Å²) in [5.74, 6) is -0.0214. The van der Waals surface area contributed by atoms with Crippen molar-refractivity contribution in [1.29, 1.82) is 0 Å². The first kappa shape index (κ1) is 9.41. The Balaban J connectivity index is 2.65. The lowest BCUT2D eigenvalue weighted by atomic mass is 10.5.